The van der Waals surface area contributed by atoms with Gasteiger partial charge in [-0.3, -0.25) is 9.59 Å². The third-order valence-corrected chi connectivity index (χ3v) is 5.37. The van der Waals surface area contributed by atoms with Gasteiger partial charge >= 0.3 is 0 Å². The molecule has 7 nitrogen and oxygen atoms in total. The fourth-order valence-electron chi connectivity index (χ4n) is 2.24. The van der Waals surface area contributed by atoms with E-state index in [0.29, 0.717) is 13.2 Å². The summed E-state index contributed by atoms with van der Waals surface area (Å²) in [6.45, 7) is 4.41. The van der Waals surface area contributed by atoms with Gasteiger partial charge in [0.05, 0.1) is 34.7 Å². The standard InChI is InChI=1S/C15H19ClN2O5S/c1-10(2)23-7-6-17-15(20)12-9-11(3-4-13(12)16)18-14(19)5-8-24(18,21)22/h3-4,9-10H,5-8H2,1-2H3,(H,17,20). The fourth-order valence-corrected chi connectivity index (χ4v) is 3.89. The van der Waals surface area contributed by atoms with Crippen molar-refractivity contribution in [3.05, 3.63) is 28.8 Å². The number of amides is 2. The minimum atomic E-state index is -3.69. The first-order chi connectivity index (χ1) is 11.2. The highest BCUT2D eigenvalue weighted by atomic mass is 35.5. The third-order valence-electron chi connectivity index (χ3n) is 3.35. The first kappa shape index (κ1) is 18.7. The molecule has 1 N–H and O–H groups in total. The van der Waals surface area contributed by atoms with Gasteiger partial charge in [0.15, 0.2) is 0 Å². The molecule has 0 saturated carbocycles. The summed E-state index contributed by atoms with van der Waals surface area (Å²) in [5, 5.41) is 2.81. The fraction of sp³-hybridized carbons (Fsp3) is 0.467. The maximum Gasteiger partial charge on any atom is 0.252 e. The highest BCUT2D eigenvalue weighted by Gasteiger charge is 2.36. The second kappa shape index (κ2) is 7.50. The smallest absolute Gasteiger partial charge is 0.252 e. The Morgan fingerprint density at radius 2 is 2.12 bits per heavy atom. The van der Waals surface area contributed by atoms with Gasteiger partial charge in [0.2, 0.25) is 15.9 Å². The molecule has 0 aliphatic carbocycles. The van der Waals surface area contributed by atoms with E-state index in [1.54, 1.807) is 0 Å². The first-order valence-corrected chi connectivity index (χ1v) is 9.46. The second-order valence-electron chi connectivity index (χ2n) is 5.56. The predicted octanol–water partition coefficient (Wildman–Crippen LogP) is 1.56. The van der Waals surface area contributed by atoms with Gasteiger partial charge in [-0.1, -0.05) is 11.6 Å². The number of halogens is 1. The normalized spacial score (nSPS) is 16.7. The van der Waals surface area contributed by atoms with E-state index in [2.05, 4.69) is 5.32 Å². The number of nitrogens with zero attached hydrogens (tertiary/aromatic N) is 1. The number of nitrogens with one attached hydrogen (secondary N) is 1. The molecule has 1 aliphatic heterocycles. The number of ether oxygens (including phenoxy) is 1. The number of sulfonamides is 1. The van der Waals surface area contributed by atoms with Gasteiger partial charge in [0, 0.05) is 13.0 Å². The van der Waals surface area contributed by atoms with Gasteiger partial charge in [-0.25, -0.2) is 12.7 Å². The van der Waals surface area contributed by atoms with Gasteiger partial charge in [-0.15, -0.1) is 0 Å². The molecule has 0 spiro atoms. The summed E-state index contributed by atoms with van der Waals surface area (Å²) in [6, 6.07) is 4.11. The van der Waals surface area contributed by atoms with Gasteiger partial charge in [0.25, 0.3) is 5.91 Å². The van der Waals surface area contributed by atoms with Crippen LogP contribution < -0.4 is 9.62 Å². The molecule has 9 heteroatoms. The van der Waals surface area contributed by atoms with E-state index < -0.39 is 21.8 Å². The molecule has 0 aromatic heterocycles. The van der Waals surface area contributed by atoms with Crippen molar-refractivity contribution in [1.82, 2.24) is 5.32 Å². The Labute approximate surface area is 146 Å². The molecule has 2 rings (SSSR count). The summed E-state index contributed by atoms with van der Waals surface area (Å²) in [6.07, 6.45) is -0.0147. The number of carbonyl (C=O) groups excluding carboxylic acids is 2. The van der Waals surface area contributed by atoms with E-state index >= 15 is 0 Å². The first-order valence-electron chi connectivity index (χ1n) is 7.47. The lowest BCUT2D eigenvalue weighted by molar-refractivity contribution is -0.116. The van der Waals surface area contributed by atoms with Crippen LogP contribution >= 0.6 is 11.6 Å². The van der Waals surface area contributed by atoms with Crippen LogP contribution in [0.2, 0.25) is 5.02 Å². The molecule has 1 heterocycles. The number of benzene rings is 1. The van der Waals surface area contributed by atoms with E-state index in [1.165, 1.54) is 18.2 Å². The minimum absolute atomic E-state index is 0.0557. The summed E-state index contributed by atoms with van der Waals surface area (Å²) < 4.78 is 30.0. The lowest BCUT2D eigenvalue weighted by atomic mass is 10.2. The average molecular weight is 375 g/mol. The van der Waals surface area contributed by atoms with Crippen LogP contribution in [-0.2, 0) is 19.6 Å². The molecule has 132 valence electrons. The lowest BCUT2D eigenvalue weighted by Crippen LogP contribution is -2.31. The molecule has 0 radical (unpaired) electrons. The van der Waals surface area contributed by atoms with Crippen LogP contribution in [-0.4, -0.2) is 45.2 Å². The lowest BCUT2D eigenvalue weighted by Gasteiger charge is -2.16. The largest absolute Gasteiger partial charge is 0.377 e. The van der Waals surface area contributed by atoms with Gasteiger partial charge < -0.3 is 10.1 Å². The van der Waals surface area contributed by atoms with E-state index in [1.807, 2.05) is 13.8 Å². The third kappa shape index (κ3) is 4.25. The van der Waals surface area contributed by atoms with Crippen LogP contribution in [0.3, 0.4) is 0 Å². The second-order valence-corrected chi connectivity index (χ2v) is 7.91. The number of hydrogen-bond acceptors (Lipinski definition) is 5. The predicted molar refractivity (Wildman–Crippen MR) is 90.8 cm³/mol. The van der Waals surface area contributed by atoms with Gasteiger partial charge in [-0.05, 0) is 32.0 Å². The van der Waals surface area contributed by atoms with Gasteiger partial charge in [-0.2, -0.15) is 0 Å². The monoisotopic (exact) mass is 374 g/mol. The number of rotatable bonds is 6. The maximum atomic E-state index is 12.2. The Morgan fingerprint density at radius 1 is 1.42 bits per heavy atom. The van der Waals surface area contributed by atoms with Crippen LogP contribution in [0.25, 0.3) is 0 Å². The topological polar surface area (TPSA) is 92.8 Å². The Morgan fingerprint density at radius 3 is 2.71 bits per heavy atom. The zero-order valence-electron chi connectivity index (χ0n) is 13.4. The Kier molecular flexibility index (Phi) is 5.84. The molecule has 0 atom stereocenters. The molecule has 1 fully saturated rings. The quantitative estimate of drug-likeness (QED) is 0.763. The van der Waals surface area contributed by atoms with Crippen LogP contribution in [0.1, 0.15) is 30.6 Å². The molecule has 0 unspecified atom stereocenters. The molecule has 0 bridgehead atoms. The molecule has 2 amide bonds. The summed E-state index contributed by atoms with van der Waals surface area (Å²) in [7, 11) is -3.69. The summed E-state index contributed by atoms with van der Waals surface area (Å²) in [5.41, 5.74) is 0.221. The van der Waals surface area contributed by atoms with E-state index in [-0.39, 0.29) is 34.6 Å². The minimum Gasteiger partial charge on any atom is -0.377 e. The van der Waals surface area contributed by atoms with E-state index in [9.17, 15) is 18.0 Å². The Hall–Kier alpha value is -1.64. The molecule has 1 aromatic rings. The van der Waals surface area contributed by atoms with Crippen molar-refractivity contribution in [2.75, 3.05) is 23.2 Å². The molecule has 1 aromatic carbocycles. The molecular weight excluding hydrogens is 356 g/mol. The Balaban J connectivity index is 2.17. The number of carbonyl (C=O) groups is 2. The van der Waals surface area contributed by atoms with Crippen LogP contribution in [0, 0.1) is 0 Å². The van der Waals surface area contributed by atoms with Crippen molar-refractivity contribution >= 4 is 39.1 Å². The van der Waals surface area contributed by atoms with E-state index in [0.717, 1.165) is 4.31 Å². The number of hydrogen-bond donors (Lipinski definition) is 1. The van der Waals surface area contributed by atoms with Crippen molar-refractivity contribution in [1.29, 1.82) is 0 Å². The molecular formula is C15H19ClN2O5S. The van der Waals surface area contributed by atoms with Crippen LogP contribution in [0.15, 0.2) is 18.2 Å². The molecule has 1 aliphatic rings. The van der Waals surface area contributed by atoms with Crippen molar-refractivity contribution < 1.29 is 22.7 Å². The van der Waals surface area contributed by atoms with Crippen molar-refractivity contribution in [3.8, 4) is 0 Å². The highest BCUT2D eigenvalue weighted by molar-refractivity contribution is 7.94. The van der Waals surface area contributed by atoms with Crippen molar-refractivity contribution in [2.24, 2.45) is 0 Å². The SMILES string of the molecule is CC(C)OCCNC(=O)c1cc(N2C(=O)CCS2(=O)=O)ccc1Cl. The van der Waals surface area contributed by atoms with Crippen LogP contribution in [0.5, 0.6) is 0 Å². The zero-order valence-corrected chi connectivity index (χ0v) is 15.0. The zero-order chi connectivity index (χ0) is 17.9. The van der Waals surface area contributed by atoms with Crippen LogP contribution in [0.4, 0.5) is 5.69 Å². The summed E-state index contributed by atoms with van der Waals surface area (Å²) in [4.78, 5) is 24.0. The average Bonchev–Trinajstić information content (AvgIpc) is 2.77. The molecule has 24 heavy (non-hydrogen) atoms. The highest BCUT2D eigenvalue weighted by Crippen LogP contribution is 2.29. The van der Waals surface area contributed by atoms with Crippen molar-refractivity contribution in [3.63, 3.8) is 0 Å². The van der Waals surface area contributed by atoms with Gasteiger partial charge in [0.1, 0.15) is 0 Å². The number of anilines is 1. The molecule has 1 saturated heterocycles. The van der Waals surface area contributed by atoms with Crippen molar-refractivity contribution in [2.45, 2.75) is 26.4 Å². The Bertz CT molecular complexity index is 748. The maximum absolute atomic E-state index is 12.2. The summed E-state index contributed by atoms with van der Waals surface area (Å²) >= 11 is 6.02. The summed E-state index contributed by atoms with van der Waals surface area (Å²) in [5.74, 6) is -1.21. The van der Waals surface area contributed by atoms with E-state index in [4.69, 9.17) is 16.3 Å².